The molecule has 0 aliphatic carbocycles. The van der Waals surface area contributed by atoms with E-state index in [0.717, 1.165) is 10.8 Å². The van der Waals surface area contributed by atoms with Crippen molar-refractivity contribution in [1.29, 1.82) is 0 Å². The predicted molar refractivity (Wildman–Crippen MR) is 87.9 cm³/mol. The van der Waals surface area contributed by atoms with Crippen molar-refractivity contribution in [2.24, 2.45) is 0 Å². The van der Waals surface area contributed by atoms with Crippen LogP contribution in [0.3, 0.4) is 0 Å². The summed E-state index contributed by atoms with van der Waals surface area (Å²) in [6.45, 7) is 0. The smallest absolute Gasteiger partial charge is 0.326 e. The molecule has 0 bridgehead atoms. The molecule has 5 nitrogen and oxygen atoms in total. The molecule has 6 heteroatoms. The van der Waals surface area contributed by atoms with E-state index >= 15 is 0 Å². The Morgan fingerprint density at radius 2 is 2.00 bits per heavy atom. The number of carbonyl (C=O) groups is 2. The summed E-state index contributed by atoms with van der Waals surface area (Å²) in [5.41, 5.74) is 0.339. The Bertz CT molecular complexity index is 702. The van der Waals surface area contributed by atoms with Crippen molar-refractivity contribution >= 4 is 35.3 Å². The number of rotatable bonds is 6. The van der Waals surface area contributed by atoms with E-state index in [-0.39, 0.29) is 6.42 Å². The lowest BCUT2D eigenvalue weighted by atomic mass is 10.0. The maximum atomic E-state index is 12.5. The number of carbonyl (C=O) groups excluding carboxylic acids is 1. The zero-order chi connectivity index (χ0) is 16.1. The lowest BCUT2D eigenvalue weighted by Gasteiger charge is -2.16. The number of carboxylic acids is 1. The molecule has 22 heavy (non-hydrogen) atoms. The van der Waals surface area contributed by atoms with Crippen LogP contribution in [0.5, 0.6) is 5.75 Å². The lowest BCUT2D eigenvalue weighted by molar-refractivity contribution is -0.139. The van der Waals surface area contributed by atoms with E-state index in [4.69, 9.17) is 9.84 Å². The maximum Gasteiger partial charge on any atom is 0.326 e. The van der Waals surface area contributed by atoms with Crippen molar-refractivity contribution in [3.8, 4) is 5.75 Å². The summed E-state index contributed by atoms with van der Waals surface area (Å²) >= 11 is 4.02. The van der Waals surface area contributed by atoms with E-state index in [2.05, 4.69) is 17.9 Å². The summed E-state index contributed by atoms with van der Waals surface area (Å²) in [4.78, 5) is 23.7. The van der Waals surface area contributed by atoms with Gasteiger partial charge in [0.15, 0.2) is 0 Å². The van der Waals surface area contributed by atoms with E-state index in [1.54, 1.807) is 12.1 Å². The van der Waals surface area contributed by atoms with Gasteiger partial charge in [-0.1, -0.05) is 30.3 Å². The Kier molecular flexibility index (Phi) is 5.27. The quantitative estimate of drug-likeness (QED) is 0.715. The van der Waals surface area contributed by atoms with Gasteiger partial charge in [-0.25, -0.2) is 4.79 Å². The second-order valence-corrected chi connectivity index (χ2v) is 5.19. The van der Waals surface area contributed by atoms with Crippen molar-refractivity contribution in [1.82, 2.24) is 5.32 Å². The minimum atomic E-state index is -1.08. The minimum absolute atomic E-state index is 0.247. The van der Waals surface area contributed by atoms with Crippen molar-refractivity contribution in [2.45, 2.75) is 12.5 Å². The molecule has 1 atom stereocenters. The number of aliphatic carboxylic acids is 1. The zero-order valence-corrected chi connectivity index (χ0v) is 13.0. The highest BCUT2D eigenvalue weighted by atomic mass is 32.1. The number of benzene rings is 2. The van der Waals surface area contributed by atoms with E-state index in [9.17, 15) is 9.59 Å². The monoisotopic (exact) mass is 319 g/mol. The number of methoxy groups -OCH3 is 1. The van der Waals surface area contributed by atoms with Crippen LogP contribution >= 0.6 is 12.6 Å². The first-order valence-corrected chi connectivity index (χ1v) is 7.42. The van der Waals surface area contributed by atoms with Crippen LogP contribution in [0.4, 0.5) is 0 Å². The highest BCUT2D eigenvalue weighted by molar-refractivity contribution is 7.80. The molecular weight excluding hydrogens is 302 g/mol. The average molecular weight is 319 g/mol. The number of ether oxygens (including phenoxy) is 1. The fraction of sp³-hybridized carbons (Fsp3) is 0.250. The summed E-state index contributed by atoms with van der Waals surface area (Å²) < 4.78 is 5.25. The normalized spacial score (nSPS) is 11.9. The first kappa shape index (κ1) is 16.2. The third-order valence-electron chi connectivity index (χ3n) is 3.36. The third-order valence-corrected chi connectivity index (χ3v) is 3.62. The van der Waals surface area contributed by atoms with Crippen molar-refractivity contribution in [3.05, 3.63) is 42.0 Å². The van der Waals surface area contributed by atoms with E-state index in [0.29, 0.717) is 17.1 Å². The molecule has 0 saturated heterocycles. The highest BCUT2D eigenvalue weighted by Gasteiger charge is 2.23. The van der Waals surface area contributed by atoms with Crippen LogP contribution in [-0.2, 0) is 4.79 Å². The summed E-state index contributed by atoms with van der Waals surface area (Å²) in [5, 5.41) is 13.3. The summed E-state index contributed by atoms with van der Waals surface area (Å²) in [6.07, 6.45) is 0.247. The Hall–Kier alpha value is -2.21. The van der Waals surface area contributed by atoms with E-state index in [1.165, 1.54) is 7.11 Å². The van der Waals surface area contributed by atoms with Gasteiger partial charge in [0.1, 0.15) is 11.8 Å². The number of amides is 1. The SMILES string of the molecule is COc1ccc2ccccc2c1C(=O)N[C@@H](CCS)C(=O)O. The van der Waals surface area contributed by atoms with Gasteiger partial charge in [-0.2, -0.15) is 12.6 Å². The van der Waals surface area contributed by atoms with E-state index < -0.39 is 17.9 Å². The van der Waals surface area contributed by atoms with Gasteiger partial charge in [0.2, 0.25) is 0 Å². The minimum Gasteiger partial charge on any atom is -0.496 e. The fourth-order valence-electron chi connectivity index (χ4n) is 2.27. The lowest BCUT2D eigenvalue weighted by Crippen LogP contribution is -2.41. The Labute approximate surface area is 133 Å². The molecule has 0 unspecified atom stereocenters. The molecule has 2 aromatic rings. The van der Waals surface area contributed by atoms with E-state index in [1.807, 2.05) is 24.3 Å². The molecule has 0 radical (unpaired) electrons. The highest BCUT2D eigenvalue weighted by Crippen LogP contribution is 2.28. The largest absolute Gasteiger partial charge is 0.496 e. The van der Waals surface area contributed by atoms with Crippen LogP contribution in [0.15, 0.2) is 36.4 Å². The summed E-state index contributed by atoms with van der Waals surface area (Å²) in [7, 11) is 1.48. The number of hydrogen-bond acceptors (Lipinski definition) is 4. The molecule has 0 aliphatic heterocycles. The fourth-order valence-corrected chi connectivity index (χ4v) is 2.53. The molecule has 0 fully saturated rings. The van der Waals surface area contributed by atoms with Crippen molar-refractivity contribution in [2.75, 3.05) is 12.9 Å². The van der Waals surface area contributed by atoms with Gasteiger partial charge in [-0.05, 0) is 29.0 Å². The van der Waals surface area contributed by atoms with Gasteiger partial charge < -0.3 is 15.2 Å². The number of carboxylic acid groups (broad SMARTS) is 1. The standard InChI is InChI=1S/C16H17NO4S/c1-21-13-7-6-10-4-2-3-5-11(10)14(13)15(18)17-12(8-9-22)16(19)20/h2-7,12,22H,8-9H2,1H3,(H,17,18)(H,19,20)/t12-/m0/s1. The van der Waals surface area contributed by atoms with Crippen LogP contribution in [0.2, 0.25) is 0 Å². The van der Waals surface area contributed by atoms with Gasteiger partial charge >= 0.3 is 5.97 Å². The number of thiol groups is 1. The molecule has 0 aliphatic rings. The Morgan fingerprint density at radius 3 is 2.64 bits per heavy atom. The molecule has 1 amide bonds. The first-order chi connectivity index (χ1) is 10.6. The molecule has 0 heterocycles. The van der Waals surface area contributed by atoms with Crippen LogP contribution < -0.4 is 10.1 Å². The second kappa shape index (κ2) is 7.17. The van der Waals surface area contributed by atoms with Crippen LogP contribution in [0.25, 0.3) is 10.8 Å². The summed E-state index contributed by atoms with van der Waals surface area (Å²) in [6, 6.07) is 9.96. The van der Waals surface area contributed by atoms with Crippen LogP contribution in [0.1, 0.15) is 16.8 Å². The zero-order valence-electron chi connectivity index (χ0n) is 12.1. The number of fused-ring (bicyclic) bond motifs is 1. The molecule has 0 saturated carbocycles. The van der Waals surface area contributed by atoms with Crippen molar-refractivity contribution < 1.29 is 19.4 Å². The maximum absolute atomic E-state index is 12.5. The molecule has 0 aromatic heterocycles. The Balaban J connectivity index is 2.43. The van der Waals surface area contributed by atoms with Gasteiger partial charge in [0.05, 0.1) is 12.7 Å². The van der Waals surface area contributed by atoms with Gasteiger partial charge in [0, 0.05) is 0 Å². The average Bonchev–Trinajstić information content (AvgIpc) is 2.52. The molecule has 0 spiro atoms. The molecular formula is C16H17NO4S. The van der Waals surface area contributed by atoms with Crippen LogP contribution in [0, 0.1) is 0 Å². The summed E-state index contributed by atoms with van der Waals surface area (Å²) in [5.74, 6) is -0.778. The second-order valence-electron chi connectivity index (χ2n) is 4.74. The van der Waals surface area contributed by atoms with Gasteiger partial charge in [-0.3, -0.25) is 4.79 Å². The third kappa shape index (κ3) is 3.33. The van der Waals surface area contributed by atoms with Gasteiger partial charge in [-0.15, -0.1) is 0 Å². The molecule has 2 N–H and O–H groups in total. The Morgan fingerprint density at radius 1 is 1.27 bits per heavy atom. The molecule has 2 rings (SSSR count). The molecule has 116 valence electrons. The van der Waals surface area contributed by atoms with Crippen molar-refractivity contribution in [3.63, 3.8) is 0 Å². The number of hydrogen-bond donors (Lipinski definition) is 3. The number of nitrogens with one attached hydrogen (secondary N) is 1. The van der Waals surface area contributed by atoms with Crippen LogP contribution in [-0.4, -0.2) is 35.9 Å². The topological polar surface area (TPSA) is 75.6 Å². The molecule has 2 aromatic carbocycles. The first-order valence-electron chi connectivity index (χ1n) is 6.78. The predicted octanol–water partition coefficient (Wildman–Crippen LogP) is 2.35. The van der Waals surface area contributed by atoms with Gasteiger partial charge in [0.25, 0.3) is 5.91 Å².